The number of benzene rings is 2. The first-order valence-corrected chi connectivity index (χ1v) is 9.97. The number of halogens is 2. The molecule has 0 saturated carbocycles. The summed E-state index contributed by atoms with van der Waals surface area (Å²) in [6.07, 6.45) is -0.115. The normalized spacial score (nSPS) is 15.7. The molecule has 2 N–H and O–H groups in total. The molecule has 8 heteroatoms. The molecular weight excluding hydrogens is 396 g/mol. The number of aromatic amines is 1. The summed E-state index contributed by atoms with van der Waals surface area (Å²) >= 11 is 1.34. The van der Waals surface area contributed by atoms with E-state index in [1.54, 1.807) is 0 Å². The Bertz CT molecular complexity index is 1160. The van der Waals surface area contributed by atoms with Crippen LogP contribution in [0, 0.1) is 18.6 Å². The Balaban J connectivity index is 1.69. The van der Waals surface area contributed by atoms with Crippen LogP contribution in [0.4, 0.5) is 14.6 Å². The van der Waals surface area contributed by atoms with Crippen LogP contribution in [0.25, 0.3) is 0 Å². The molecule has 1 aliphatic heterocycles. The molecule has 2 heterocycles. The maximum Gasteiger partial charge on any atom is 0.257 e. The molecule has 0 spiro atoms. The van der Waals surface area contributed by atoms with Crippen LogP contribution in [0.5, 0.6) is 0 Å². The topological polar surface area (TPSA) is 74.8 Å². The smallest absolute Gasteiger partial charge is 0.257 e. The molecule has 1 aromatic heterocycles. The van der Waals surface area contributed by atoms with Crippen molar-refractivity contribution >= 4 is 23.5 Å². The minimum absolute atomic E-state index is 0.0927. The van der Waals surface area contributed by atoms with Crippen molar-refractivity contribution in [2.75, 3.05) is 5.32 Å². The van der Waals surface area contributed by atoms with Crippen LogP contribution in [0.15, 0.2) is 52.4 Å². The van der Waals surface area contributed by atoms with Crippen LogP contribution in [-0.2, 0) is 10.5 Å². The summed E-state index contributed by atoms with van der Waals surface area (Å²) in [5.41, 5.74) is 2.05. The molecule has 1 atom stereocenters. The minimum atomic E-state index is -0.828. The van der Waals surface area contributed by atoms with Crippen LogP contribution in [-0.4, -0.2) is 15.9 Å². The number of H-pyrrole nitrogens is 1. The third kappa shape index (κ3) is 3.93. The molecule has 0 bridgehead atoms. The zero-order valence-corrected chi connectivity index (χ0v) is 16.3. The average Bonchev–Trinajstić information content (AvgIpc) is 2.66. The number of rotatable bonds is 4. The summed E-state index contributed by atoms with van der Waals surface area (Å²) in [5, 5.41) is 2.96. The Labute approximate surface area is 169 Å². The number of amides is 1. The molecular formula is C21H17F2N3O2S. The van der Waals surface area contributed by atoms with Gasteiger partial charge in [-0.3, -0.25) is 9.59 Å². The van der Waals surface area contributed by atoms with Crippen molar-refractivity contribution in [3.63, 3.8) is 0 Å². The SMILES string of the molecule is Cc1ccccc1CSc1nc2c(c(=O)[nH]1)C(c1ccc(F)cc1F)CC(=O)N2. The molecule has 1 aliphatic rings. The lowest BCUT2D eigenvalue weighted by atomic mass is 9.86. The third-order valence-corrected chi connectivity index (χ3v) is 5.82. The summed E-state index contributed by atoms with van der Waals surface area (Å²) in [7, 11) is 0. The van der Waals surface area contributed by atoms with Gasteiger partial charge in [-0.15, -0.1) is 0 Å². The summed E-state index contributed by atoms with van der Waals surface area (Å²) in [5.74, 6) is -2.01. The van der Waals surface area contributed by atoms with Gasteiger partial charge in [-0.05, 0) is 29.7 Å². The average molecular weight is 413 g/mol. The zero-order chi connectivity index (χ0) is 20.5. The first-order valence-electron chi connectivity index (χ1n) is 8.98. The molecule has 0 saturated heterocycles. The van der Waals surface area contributed by atoms with Crippen LogP contribution >= 0.6 is 11.8 Å². The van der Waals surface area contributed by atoms with Crippen LogP contribution in [0.1, 0.15) is 34.6 Å². The van der Waals surface area contributed by atoms with Crippen molar-refractivity contribution in [1.82, 2.24) is 9.97 Å². The van der Waals surface area contributed by atoms with Gasteiger partial charge < -0.3 is 10.3 Å². The van der Waals surface area contributed by atoms with E-state index in [4.69, 9.17) is 0 Å². The lowest BCUT2D eigenvalue weighted by Crippen LogP contribution is -2.31. The summed E-state index contributed by atoms with van der Waals surface area (Å²) in [4.78, 5) is 32.0. The van der Waals surface area contributed by atoms with E-state index in [-0.39, 0.29) is 29.3 Å². The van der Waals surface area contributed by atoms with E-state index in [9.17, 15) is 18.4 Å². The molecule has 0 aliphatic carbocycles. The maximum absolute atomic E-state index is 14.3. The Kier molecular flexibility index (Phi) is 5.19. The van der Waals surface area contributed by atoms with E-state index in [0.717, 1.165) is 23.3 Å². The number of aromatic nitrogens is 2. The summed E-state index contributed by atoms with van der Waals surface area (Å²) in [6.45, 7) is 2.00. The number of anilines is 1. The van der Waals surface area contributed by atoms with Crippen molar-refractivity contribution in [2.24, 2.45) is 0 Å². The van der Waals surface area contributed by atoms with Crippen LogP contribution in [0.3, 0.4) is 0 Å². The highest BCUT2D eigenvalue weighted by atomic mass is 32.2. The number of nitrogens with zero attached hydrogens (tertiary/aromatic N) is 1. The number of aryl methyl sites for hydroxylation is 1. The van der Waals surface area contributed by atoms with Gasteiger partial charge in [0.2, 0.25) is 5.91 Å². The molecule has 0 fully saturated rings. The Morgan fingerprint density at radius 2 is 1.97 bits per heavy atom. The van der Waals surface area contributed by atoms with E-state index in [2.05, 4.69) is 15.3 Å². The van der Waals surface area contributed by atoms with E-state index in [0.29, 0.717) is 10.9 Å². The fourth-order valence-corrected chi connectivity index (χ4v) is 4.32. The second kappa shape index (κ2) is 7.79. The van der Waals surface area contributed by atoms with Crippen LogP contribution < -0.4 is 10.9 Å². The predicted octanol–water partition coefficient (Wildman–Crippen LogP) is 4.12. The van der Waals surface area contributed by atoms with Crippen molar-refractivity contribution < 1.29 is 13.6 Å². The number of carbonyl (C=O) groups excluding carboxylic acids is 1. The van der Waals surface area contributed by atoms with Crippen molar-refractivity contribution in [1.29, 1.82) is 0 Å². The number of hydrogen-bond donors (Lipinski definition) is 2. The summed E-state index contributed by atoms with van der Waals surface area (Å²) in [6, 6.07) is 11.0. The number of carbonyl (C=O) groups is 1. The Morgan fingerprint density at radius 1 is 1.17 bits per heavy atom. The van der Waals surface area contributed by atoms with Gasteiger partial charge in [-0.2, -0.15) is 0 Å². The predicted molar refractivity (Wildman–Crippen MR) is 107 cm³/mol. The second-order valence-corrected chi connectivity index (χ2v) is 7.78. The third-order valence-electron chi connectivity index (χ3n) is 4.89. The second-order valence-electron chi connectivity index (χ2n) is 6.82. The molecule has 1 amide bonds. The largest absolute Gasteiger partial charge is 0.310 e. The van der Waals surface area contributed by atoms with Gasteiger partial charge in [-0.25, -0.2) is 13.8 Å². The minimum Gasteiger partial charge on any atom is -0.310 e. The standard InChI is InChI=1S/C21H17F2N3O2S/c1-11-4-2-3-5-12(11)10-29-21-25-19-18(20(28)26-21)15(9-17(27)24-19)14-7-6-13(22)8-16(14)23/h2-8,15H,9-10H2,1H3,(H2,24,25,26,27,28). The molecule has 3 aromatic rings. The number of nitrogens with one attached hydrogen (secondary N) is 2. The Hall–Kier alpha value is -3.00. The fraction of sp³-hybridized carbons (Fsp3) is 0.190. The van der Waals surface area contributed by atoms with Gasteiger partial charge in [-0.1, -0.05) is 42.1 Å². The monoisotopic (exact) mass is 413 g/mol. The number of hydrogen-bond acceptors (Lipinski definition) is 4. The van der Waals surface area contributed by atoms with Crippen molar-refractivity contribution in [3.05, 3.63) is 86.7 Å². The fourth-order valence-electron chi connectivity index (χ4n) is 3.39. The number of fused-ring (bicyclic) bond motifs is 1. The van der Waals surface area contributed by atoms with Gasteiger partial charge in [0.05, 0.1) is 5.56 Å². The first-order chi connectivity index (χ1) is 13.9. The maximum atomic E-state index is 14.3. The summed E-state index contributed by atoms with van der Waals surface area (Å²) < 4.78 is 27.6. The van der Waals surface area contributed by atoms with Gasteiger partial charge in [0.25, 0.3) is 5.56 Å². The number of thioether (sulfide) groups is 1. The van der Waals surface area contributed by atoms with Crippen molar-refractivity contribution in [3.8, 4) is 0 Å². The highest BCUT2D eigenvalue weighted by Gasteiger charge is 2.32. The van der Waals surface area contributed by atoms with Crippen molar-refractivity contribution in [2.45, 2.75) is 30.2 Å². The Morgan fingerprint density at radius 3 is 2.72 bits per heavy atom. The molecule has 29 heavy (non-hydrogen) atoms. The lowest BCUT2D eigenvalue weighted by molar-refractivity contribution is -0.116. The quantitative estimate of drug-likeness (QED) is 0.498. The first kappa shape index (κ1) is 19.3. The highest BCUT2D eigenvalue weighted by molar-refractivity contribution is 7.98. The molecule has 148 valence electrons. The van der Waals surface area contributed by atoms with E-state index in [1.807, 2.05) is 31.2 Å². The molecule has 0 radical (unpaired) electrons. The van der Waals surface area contributed by atoms with E-state index in [1.165, 1.54) is 17.8 Å². The molecule has 2 aromatic carbocycles. The van der Waals surface area contributed by atoms with Gasteiger partial charge in [0, 0.05) is 24.2 Å². The van der Waals surface area contributed by atoms with Crippen LogP contribution in [0.2, 0.25) is 0 Å². The van der Waals surface area contributed by atoms with E-state index < -0.39 is 23.1 Å². The van der Waals surface area contributed by atoms with Gasteiger partial charge >= 0.3 is 0 Å². The van der Waals surface area contributed by atoms with Gasteiger partial charge in [0.15, 0.2) is 5.16 Å². The van der Waals surface area contributed by atoms with Gasteiger partial charge in [0.1, 0.15) is 17.5 Å². The zero-order valence-electron chi connectivity index (χ0n) is 15.5. The highest BCUT2D eigenvalue weighted by Crippen LogP contribution is 2.36. The van der Waals surface area contributed by atoms with E-state index >= 15 is 0 Å². The molecule has 5 nitrogen and oxygen atoms in total. The molecule has 4 rings (SSSR count). The molecule has 1 unspecified atom stereocenters. The lowest BCUT2D eigenvalue weighted by Gasteiger charge is -2.24.